The normalized spacial score (nSPS) is 27.6. The van der Waals surface area contributed by atoms with Crippen LogP contribution in [0.15, 0.2) is 12.2 Å². The van der Waals surface area contributed by atoms with Gasteiger partial charge in [0.1, 0.15) is 6.10 Å². The fourth-order valence-corrected chi connectivity index (χ4v) is 1.07. The molecular weight excluding hydrogens is 138 g/mol. The zero-order chi connectivity index (χ0) is 8.27. The molecule has 0 radical (unpaired) electrons. The highest BCUT2D eigenvalue weighted by Crippen LogP contribution is 2.30. The Morgan fingerprint density at radius 3 is 2.91 bits per heavy atom. The third-order valence-corrected chi connectivity index (χ3v) is 1.87. The topological polar surface area (TPSA) is 36.3 Å². The number of hydrogen-bond donors (Lipinski definition) is 0. The summed E-state index contributed by atoms with van der Waals surface area (Å²) in [5, 5.41) is 8.43. The first-order chi connectivity index (χ1) is 5.29. The van der Waals surface area contributed by atoms with Gasteiger partial charge < -0.3 is 4.74 Å². The van der Waals surface area contributed by atoms with Crippen LogP contribution in [0.2, 0.25) is 0 Å². The summed E-state index contributed by atoms with van der Waals surface area (Å²) < 4.78 is 5.06. The Morgan fingerprint density at radius 2 is 2.45 bits per heavy atom. The molecule has 0 bridgehead atoms. The van der Waals surface area contributed by atoms with Crippen molar-refractivity contribution < 1.29 is 4.74 Å². The molecule has 1 heterocycles. The lowest BCUT2D eigenvalue weighted by Gasteiger charge is -1.97. The number of ether oxygens (including phenoxy) is 1. The molecule has 0 saturated carbocycles. The zero-order valence-electron chi connectivity index (χ0n) is 6.84. The Hall–Kier alpha value is -0.810. The molecule has 1 aliphatic rings. The average molecular weight is 151 g/mol. The molecule has 2 atom stereocenters. The van der Waals surface area contributed by atoms with E-state index in [2.05, 4.69) is 19.6 Å². The first-order valence-corrected chi connectivity index (χ1v) is 4.02. The van der Waals surface area contributed by atoms with Gasteiger partial charge in [0.2, 0.25) is 0 Å². The van der Waals surface area contributed by atoms with Crippen molar-refractivity contribution in [2.45, 2.75) is 38.4 Å². The highest BCUT2D eigenvalue weighted by atomic mass is 16.6. The molecule has 0 aromatic carbocycles. The molecule has 2 heteroatoms. The quantitative estimate of drug-likeness (QED) is 0.455. The minimum atomic E-state index is -0.195. The van der Waals surface area contributed by atoms with Crippen LogP contribution in [0, 0.1) is 11.3 Å². The van der Waals surface area contributed by atoms with Crippen LogP contribution >= 0.6 is 0 Å². The molecule has 0 aliphatic carbocycles. The van der Waals surface area contributed by atoms with Gasteiger partial charge in [-0.05, 0) is 18.4 Å². The molecule has 11 heavy (non-hydrogen) atoms. The van der Waals surface area contributed by atoms with E-state index in [1.165, 1.54) is 6.42 Å². The van der Waals surface area contributed by atoms with E-state index in [1.54, 1.807) is 0 Å². The third kappa shape index (κ3) is 2.06. The summed E-state index contributed by atoms with van der Waals surface area (Å²) in [5.41, 5.74) is 1.08. The summed E-state index contributed by atoms with van der Waals surface area (Å²) in [4.78, 5) is 0. The highest BCUT2D eigenvalue weighted by molar-refractivity contribution is 5.19. The molecular formula is C9H13NO. The van der Waals surface area contributed by atoms with Crippen LogP contribution in [0.5, 0.6) is 0 Å². The summed E-state index contributed by atoms with van der Waals surface area (Å²) in [5.74, 6) is 0. The Morgan fingerprint density at radius 1 is 1.73 bits per heavy atom. The van der Waals surface area contributed by atoms with Crippen LogP contribution in [-0.2, 0) is 4.74 Å². The molecule has 1 rings (SSSR count). The number of rotatable bonds is 4. The van der Waals surface area contributed by atoms with Gasteiger partial charge in [0.15, 0.2) is 6.10 Å². The fourth-order valence-electron chi connectivity index (χ4n) is 1.07. The van der Waals surface area contributed by atoms with Crippen LogP contribution < -0.4 is 0 Å². The second-order valence-electron chi connectivity index (χ2n) is 2.87. The minimum Gasteiger partial charge on any atom is -0.349 e. The molecule has 0 unspecified atom stereocenters. The Kier molecular flexibility index (Phi) is 2.67. The maximum Gasteiger partial charge on any atom is 0.174 e. The van der Waals surface area contributed by atoms with E-state index >= 15 is 0 Å². The average Bonchev–Trinajstić information content (AvgIpc) is 2.78. The van der Waals surface area contributed by atoms with Gasteiger partial charge in [-0.2, -0.15) is 5.26 Å². The molecule has 0 N–H and O–H groups in total. The van der Waals surface area contributed by atoms with Crippen LogP contribution in [0.3, 0.4) is 0 Å². The van der Waals surface area contributed by atoms with E-state index in [9.17, 15) is 0 Å². The molecule has 1 saturated heterocycles. The van der Waals surface area contributed by atoms with Crippen molar-refractivity contribution >= 4 is 0 Å². The highest BCUT2D eigenvalue weighted by Gasteiger charge is 2.40. The molecule has 60 valence electrons. The van der Waals surface area contributed by atoms with Crippen LogP contribution in [0.1, 0.15) is 26.2 Å². The minimum absolute atomic E-state index is 0.0477. The lowest BCUT2D eigenvalue weighted by atomic mass is 10.1. The van der Waals surface area contributed by atoms with E-state index in [4.69, 9.17) is 10.00 Å². The summed E-state index contributed by atoms with van der Waals surface area (Å²) in [7, 11) is 0. The second kappa shape index (κ2) is 3.54. The molecule has 0 spiro atoms. The van der Waals surface area contributed by atoms with E-state index < -0.39 is 0 Å². The fraction of sp³-hybridized carbons (Fsp3) is 0.667. The van der Waals surface area contributed by atoms with E-state index in [1.807, 2.05) is 0 Å². The number of hydrogen-bond acceptors (Lipinski definition) is 2. The lowest BCUT2D eigenvalue weighted by Crippen LogP contribution is -1.94. The van der Waals surface area contributed by atoms with Crippen molar-refractivity contribution in [3.05, 3.63) is 12.2 Å². The number of epoxide rings is 1. The smallest absolute Gasteiger partial charge is 0.174 e. The Balaban J connectivity index is 2.19. The van der Waals surface area contributed by atoms with Gasteiger partial charge in [0.25, 0.3) is 0 Å². The Bertz CT molecular complexity index is 192. The monoisotopic (exact) mass is 151 g/mol. The zero-order valence-corrected chi connectivity index (χ0v) is 6.84. The van der Waals surface area contributed by atoms with Crippen molar-refractivity contribution in [1.29, 1.82) is 5.26 Å². The van der Waals surface area contributed by atoms with Crippen molar-refractivity contribution in [1.82, 2.24) is 0 Å². The summed E-state index contributed by atoms with van der Waals surface area (Å²) in [6.07, 6.45) is 3.17. The van der Waals surface area contributed by atoms with Gasteiger partial charge in [-0.3, -0.25) is 0 Å². The lowest BCUT2D eigenvalue weighted by molar-refractivity contribution is 0.406. The van der Waals surface area contributed by atoms with Crippen molar-refractivity contribution in [2.24, 2.45) is 0 Å². The van der Waals surface area contributed by atoms with Gasteiger partial charge in [-0.25, -0.2) is 0 Å². The Labute approximate surface area is 67.5 Å². The summed E-state index contributed by atoms with van der Waals surface area (Å²) in [6, 6.07) is 2.06. The SMILES string of the molecule is C=C(CCCC)[C@H]1O[C@@H]1C#N. The van der Waals surface area contributed by atoms with Crippen molar-refractivity contribution in [3.8, 4) is 6.07 Å². The number of nitriles is 1. The van der Waals surface area contributed by atoms with Crippen LogP contribution in [0.25, 0.3) is 0 Å². The number of unbranched alkanes of at least 4 members (excludes halogenated alkanes) is 1. The maximum absolute atomic E-state index is 8.43. The largest absolute Gasteiger partial charge is 0.349 e. The van der Waals surface area contributed by atoms with Gasteiger partial charge in [0, 0.05) is 0 Å². The van der Waals surface area contributed by atoms with Gasteiger partial charge in [-0.15, -0.1) is 0 Å². The molecule has 0 aromatic rings. The molecule has 1 aliphatic heterocycles. The predicted molar refractivity (Wildman–Crippen MR) is 42.9 cm³/mol. The predicted octanol–water partition coefficient (Wildman–Crippen LogP) is 2.02. The second-order valence-corrected chi connectivity index (χ2v) is 2.87. The van der Waals surface area contributed by atoms with E-state index in [-0.39, 0.29) is 12.2 Å². The van der Waals surface area contributed by atoms with Gasteiger partial charge in [-0.1, -0.05) is 19.9 Å². The van der Waals surface area contributed by atoms with Crippen LogP contribution in [0.4, 0.5) is 0 Å². The summed E-state index contributed by atoms with van der Waals surface area (Å²) >= 11 is 0. The molecule has 2 nitrogen and oxygen atoms in total. The standard InChI is InChI=1S/C9H13NO/c1-3-4-5-7(2)9-8(6-10)11-9/h8-9H,2-5H2,1H3/t8-,9-/m1/s1. The first-order valence-electron chi connectivity index (χ1n) is 4.02. The third-order valence-electron chi connectivity index (χ3n) is 1.87. The van der Waals surface area contributed by atoms with E-state index in [0.717, 1.165) is 18.4 Å². The van der Waals surface area contributed by atoms with Gasteiger partial charge in [0.05, 0.1) is 6.07 Å². The molecule has 0 aromatic heterocycles. The van der Waals surface area contributed by atoms with Crippen molar-refractivity contribution in [3.63, 3.8) is 0 Å². The first kappa shape index (κ1) is 8.29. The van der Waals surface area contributed by atoms with Crippen molar-refractivity contribution in [2.75, 3.05) is 0 Å². The maximum atomic E-state index is 8.43. The van der Waals surface area contributed by atoms with E-state index in [0.29, 0.717) is 0 Å². The summed E-state index contributed by atoms with van der Waals surface area (Å²) in [6.45, 7) is 6.02. The number of nitrogens with zero attached hydrogens (tertiary/aromatic N) is 1. The molecule has 0 amide bonds. The molecule has 1 fully saturated rings. The van der Waals surface area contributed by atoms with Crippen LogP contribution in [-0.4, -0.2) is 12.2 Å². The van der Waals surface area contributed by atoms with Gasteiger partial charge >= 0.3 is 0 Å².